The van der Waals surface area contributed by atoms with Gasteiger partial charge in [-0.3, -0.25) is 0 Å². The van der Waals surface area contributed by atoms with E-state index in [1.165, 1.54) is 22.3 Å². The fraction of sp³-hybridized carbons (Fsp3) is 0.778. The van der Waals surface area contributed by atoms with Crippen molar-refractivity contribution in [1.82, 2.24) is 0 Å². The molecule has 3 rings (SSSR count). The molecular weight excluding hydrogens is 248 g/mol. The standard InChI is InChI=1S/C18H28O2/c1-9-5-13-14(6-10(9)2)18(20)16-8-12(4)11(3)7-15(16)17(13)19/h13-20H,5-8H2,1-4H3/t13-,14-,15+,16+,17?,18?. The molecular formula is C18H28O2. The quantitative estimate of drug-likeness (QED) is 0.665. The molecule has 6 atom stereocenters. The van der Waals surface area contributed by atoms with Crippen molar-refractivity contribution in [3.63, 3.8) is 0 Å². The minimum atomic E-state index is -0.237. The maximum Gasteiger partial charge on any atom is 0.0610 e. The van der Waals surface area contributed by atoms with Crippen LogP contribution in [0.3, 0.4) is 0 Å². The number of hydrogen-bond acceptors (Lipinski definition) is 2. The van der Waals surface area contributed by atoms with E-state index in [1.54, 1.807) is 0 Å². The summed E-state index contributed by atoms with van der Waals surface area (Å²) >= 11 is 0. The van der Waals surface area contributed by atoms with Crippen LogP contribution >= 0.6 is 0 Å². The maximum atomic E-state index is 10.9. The predicted molar refractivity (Wildman–Crippen MR) is 81.2 cm³/mol. The van der Waals surface area contributed by atoms with Gasteiger partial charge < -0.3 is 10.2 Å². The molecule has 20 heavy (non-hydrogen) atoms. The van der Waals surface area contributed by atoms with Gasteiger partial charge in [0.1, 0.15) is 0 Å². The van der Waals surface area contributed by atoms with Crippen LogP contribution in [0.2, 0.25) is 0 Å². The maximum absolute atomic E-state index is 10.9. The number of aliphatic hydroxyl groups is 2. The molecule has 0 aliphatic heterocycles. The van der Waals surface area contributed by atoms with E-state index >= 15 is 0 Å². The predicted octanol–water partition coefficient (Wildman–Crippen LogP) is 3.45. The largest absolute Gasteiger partial charge is 0.393 e. The fourth-order valence-electron chi connectivity index (χ4n) is 4.85. The van der Waals surface area contributed by atoms with E-state index < -0.39 is 0 Å². The average Bonchev–Trinajstić information content (AvgIpc) is 2.41. The highest BCUT2D eigenvalue weighted by Crippen LogP contribution is 2.52. The highest BCUT2D eigenvalue weighted by molar-refractivity contribution is 5.23. The highest BCUT2D eigenvalue weighted by Gasteiger charge is 2.51. The summed E-state index contributed by atoms with van der Waals surface area (Å²) in [5.74, 6) is 1.06. The molecule has 2 nitrogen and oxygen atoms in total. The van der Waals surface area contributed by atoms with Crippen LogP contribution in [-0.4, -0.2) is 22.4 Å². The molecule has 2 unspecified atom stereocenters. The lowest BCUT2D eigenvalue weighted by molar-refractivity contribution is -0.123. The monoisotopic (exact) mass is 276 g/mol. The van der Waals surface area contributed by atoms with E-state index in [-0.39, 0.29) is 35.9 Å². The van der Waals surface area contributed by atoms with Crippen LogP contribution in [0.4, 0.5) is 0 Å². The fourth-order valence-corrected chi connectivity index (χ4v) is 4.85. The number of aliphatic hydroxyl groups excluding tert-OH is 2. The van der Waals surface area contributed by atoms with Crippen molar-refractivity contribution in [2.45, 2.75) is 65.6 Å². The lowest BCUT2D eigenvalue weighted by atomic mass is 9.56. The zero-order valence-electron chi connectivity index (χ0n) is 13.2. The molecule has 3 aliphatic rings. The van der Waals surface area contributed by atoms with Gasteiger partial charge in [-0.15, -0.1) is 0 Å². The molecule has 0 radical (unpaired) electrons. The van der Waals surface area contributed by atoms with Gasteiger partial charge in [0.05, 0.1) is 12.2 Å². The molecule has 0 amide bonds. The zero-order chi connectivity index (χ0) is 14.6. The summed E-state index contributed by atoms with van der Waals surface area (Å²) in [6.45, 7) is 8.75. The topological polar surface area (TPSA) is 40.5 Å². The molecule has 0 aromatic heterocycles. The van der Waals surface area contributed by atoms with Crippen LogP contribution in [0.1, 0.15) is 53.4 Å². The molecule has 1 saturated carbocycles. The molecule has 0 aromatic carbocycles. The SMILES string of the molecule is CC1=C(C)C[C@@H]2C(O)[C@@H]3CC(C)=C(C)C[C@H]3C(O)[C@H]2C1. The van der Waals surface area contributed by atoms with Crippen molar-refractivity contribution in [3.8, 4) is 0 Å². The Balaban J connectivity index is 1.92. The molecule has 2 N–H and O–H groups in total. The van der Waals surface area contributed by atoms with Gasteiger partial charge >= 0.3 is 0 Å². The van der Waals surface area contributed by atoms with Crippen molar-refractivity contribution >= 4 is 0 Å². The van der Waals surface area contributed by atoms with Crippen molar-refractivity contribution in [3.05, 3.63) is 22.3 Å². The van der Waals surface area contributed by atoms with Crippen molar-refractivity contribution in [2.24, 2.45) is 23.7 Å². The first kappa shape index (κ1) is 14.3. The third-order valence-electron chi connectivity index (χ3n) is 6.48. The molecule has 112 valence electrons. The van der Waals surface area contributed by atoms with Gasteiger partial charge in [0.15, 0.2) is 0 Å². The first-order valence-electron chi connectivity index (χ1n) is 8.06. The van der Waals surface area contributed by atoms with E-state index in [4.69, 9.17) is 0 Å². The van der Waals surface area contributed by atoms with Crippen molar-refractivity contribution in [2.75, 3.05) is 0 Å². The van der Waals surface area contributed by atoms with Gasteiger partial charge in [0, 0.05) is 0 Å². The molecule has 0 spiro atoms. The minimum Gasteiger partial charge on any atom is -0.393 e. The molecule has 0 bridgehead atoms. The summed E-state index contributed by atoms with van der Waals surface area (Å²) in [6.07, 6.45) is 3.41. The molecule has 2 heteroatoms. The smallest absolute Gasteiger partial charge is 0.0610 e. The molecule has 0 saturated heterocycles. The lowest BCUT2D eigenvalue weighted by Crippen LogP contribution is -2.54. The van der Waals surface area contributed by atoms with Crippen LogP contribution in [0, 0.1) is 23.7 Å². The van der Waals surface area contributed by atoms with Gasteiger partial charge in [0.25, 0.3) is 0 Å². The van der Waals surface area contributed by atoms with Crippen LogP contribution in [0.5, 0.6) is 0 Å². The number of rotatable bonds is 0. The lowest BCUT2D eigenvalue weighted by Gasteiger charge is -2.52. The van der Waals surface area contributed by atoms with Crippen molar-refractivity contribution < 1.29 is 10.2 Å². The van der Waals surface area contributed by atoms with E-state index in [9.17, 15) is 10.2 Å². The summed E-state index contributed by atoms with van der Waals surface area (Å²) in [4.78, 5) is 0. The van der Waals surface area contributed by atoms with Crippen LogP contribution < -0.4 is 0 Å². The first-order chi connectivity index (χ1) is 9.40. The second-order valence-corrected chi connectivity index (χ2v) is 7.57. The molecule has 0 heterocycles. The third-order valence-corrected chi connectivity index (χ3v) is 6.48. The van der Waals surface area contributed by atoms with Gasteiger partial charge in [-0.1, -0.05) is 22.3 Å². The summed E-state index contributed by atoms with van der Waals surface area (Å²) in [7, 11) is 0. The summed E-state index contributed by atoms with van der Waals surface area (Å²) in [6, 6.07) is 0. The normalized spacial score (nSPS) is 45.3. The summed E-state index contributed by atoms with van der Waals surface area (Å²) in [5.41, 5.74) is 5.70. The number of fused-ring (bicyclic) bond motifs is 2. The molecule has 3 aliphatic carbocycles. The Labute approximate surface area is 122 Å². The molecule has 0 aromatic rings. The second kappa shape index (κ2) is 4.99. The Morgan fingerprint density at radius 1 is 0.550 bits per heavy atom. The number of hydrogen-bond donors (Lipinski definition) is 2. The van der Waals surface area contributed by atoms with Crippen LogP contribution in [0.15, 0.2) is 22.3 Å². The van der Waals surface area contributed by atoms with Crippen molar-refractivity contribution in [1.29, 1.82) is 0 Å². The van der Waals surface area contributed by atoms with Gasteiger partial charge in [0.2, 0.25) is 0 Å². The van der Waals surface area contributed by atoms with Gasteiger partial charge in [-0.05, 0) is 77.0 Å². The summed E-state index contributed by atoms with van der Waals surface area (Å²) < 4.78 is 0. The Kier molecular flexibility index (Phi) is 3.58. The van der Waals surface area contributed by atoms with Crippen LogP contribution in [-0.2, 0) is 0 Å². The van der Waals surface area contributed by atoms with Gasteiger partial charge in [-0.25, -0.2) is 0 Å². The Morgan fingerprint density at radius 2 is 0.750 bits per heavy atom. The minimum absolute atomic E-state index is 0.237. The zero-order valence-corrected chi connectivity index (χ0v) is 13.2. The number of allylic oxidation sites excluding steroid dienone is 4. The summed E-state index contributed by atoms with van der Waals surface area (Å²) in [5, 5.41) is 21.7. The Morgan fingerprint density at radius 3 is 0.950 bits per heavy atom. The Bertz CT molecular complexity index is 390. The highest BCUT2D eigenvalue weighted by atomic mass is 16.3. The molecule has 1 fully saturated rings. The Hall–Kier alpha value is -0.600. The average molecular weight is 276 g/mol. The van der Waals surface area contributed by atoms with E-state index in [1.807, 2.05) is 0 Å². The van der Waals surface area contributed by atoms with Crippen LogP contribution in [0.25, 0.3) is 0 Å². The van der Waals surface area contributed by atoms with E-state index in [0.717, 1.165) is 25.7 Å². The van der Waals surface area contributed by atoms with Gasteiger partial charge in [-0.2, -0.15) is 0 Å². The van der Waals surface area contributed by atoms with E-state index in [2.05, 4.69) is 27.7 Å². The second-order valence-electron chi connectivity index (χ2n) is 7.57. The first-order valence-corrected chi connectivity index (χ1v) is 8.06. The van der Waals surface area contributed by atoms with E-state index in [0.29, 0.717) is 0 Å². The third kappa shape index (κ3) is 2.08.